The van der Waals surface area contributed by atoms with E-state index in [0.29, 0.717) is 23.0 Å². The van der Waals surface area contributed by atoms with Crippen molar-refractivity contribution in [2.75, 3.05) is 25.4 Å². The normalized spacial score (nSPS) is 36.0. The molecule has 4 heteroatoms. The summed E-state index contributed by atoms with van der Waals surface area (Å²) in [7, 11) is 0. The molecule has 100 valence electrons. The van der Waals surface area contributed by atoms with Gasteiger partial charge in [-0.05, 0) is 33.6 Å². The molecule has 0 amide bonds. The molecule has 17 heavy (non-hydrogen) atoms. The third-order valence-corrected chi connectivity index (χ3v) is 5.16. The van der Waals surface area contributed by atoms with Crippen molar-refractivity contribution in [1.82, 2.24) is 4.90 Å². The maximum absolute atomic E-state index is 6.01. The summed E-state index contributed by atoms with van der Waals surface area (Å²) in [5.41, 5.74) is 5.99. The van der Waals surface area contributed by atoms with Crippen LogP contribution in [-0.2, 0) is 4.74 Å². The average molecular weight is 258 g/mol. The monoisotopic (exact) mass is 258 g/mol. The van der Waals surface area contributed by atoms with Gasteiger partial charge in [-0.3, -0.25) is 4.90 Å². The van der Waals surface area contributed by atoms with Gasteiger partial charge in [-0.15, -0.1) is 0 Å². The first-order valence-electron chi connectivity index (χ1n) is 6.75. The summed E-state index contributed by atoms with van der Waals surface area (Å²) in [5.74, 6) is 1.21. The van der Waals surface area contributed by atoms with Crippen LogP contribution in [0.25, 0.3) is 0 Å². The third kappa shape index (κ3) is 3.37. The van der Waals surface area contributed by atoms with Crippen molar-refractivity contribution in [3.8, 4) is 0 Å². The standard InChI is InChI=1S/C13H26N2OS/c1-10-4-5-12(16-10)11(8-14)15-6-7-17-13(2,3)9-15/h10-12H,4-9,14H2,1-3H3. The predicted octanol–water partition coefficient (Wildman–Crippen LogP) is 1.71. The molecule has 2 fully saturated rings. The molecule has 2 saturated heterocycles. The Morgan fingerprint density at radius 2 is 2.24 bits per heavy atom. The molecule has 2 heterocycles. The van der Waals surface area contributed by atoms with Gasteiger partial charge in [-0.1, -0.05) is 0 Å². The van der Waals surface area contributed by atoms with Crippen LogP contribution in [0.5, 0.6) is 0 Å². The molecule has 3 unspecified atom stereocenters. The highest BCUT2D eigenvalue weighted by Gasteiger charge is 2.37. The Bertz CT molecular complexity index is 260. The minimum atomic E-state index is 0.355. The molecule has 0 spiro atoms. The van der Waals surface area contributed by atoms with Crippen molar-refractivity contribution in [3.63, 3.8) is 0 Å². The molecule has 0 saturated carbocycles. The molecule has 2 N–H and O–H groups in total. The first kappa shape index (κ1) is 13.7. The van der Waals surface area contributed by atoms with E-state index < -0.39 is 0 Å². The van der Waals surface area contributed by atoms with Gasteiger partial charge in [0.15, 0.2) is 0 Å². The van der Waals surface area contributed by atoms with E-state index in [1.807, 2.05) is 0 Å². The van der Waals surface area contributed by atoms with Crippen LogP contribution in [0.4, 0.5) is 0 Å². The van der Waals surface area contributed by atoms with Gasteiger partial charge in [0.1, 0.15) is 0 Å². The molecule has 0 aromatic heterocycles. The van der Waals surface area contributed by atoms with Crippen LogP contribution in [0, 0.1) is 0 Å². The number of ether oxygens (including phenoxy) is 1. The van der Waals surface area contributed by atoms with Crippen molar-refractivity contribution < 1.29 is 4.74 Å². The lowest BCUT2D eigenvalue weighted by molar-refractivity contribution is -0.00543. The van der Waals surface area contributed by atoms with Crippen LogP contribution in [0.2, 0.25) is 0 Å². The van der Waals surface area contributed by atoms with Gasteiger partial charge in [0.25, 0.3) is 0 Å². The topological polar surface area (TPSA) is 38.5 Å². The van der Waals surface area contributed by atoms with Gasteiger partial charge in [0.05, 0.1) is 12.2 Å². The SMILES string of the molecule is CC1CCC(C(CN)N2CCSC(C)(C)C2)O1. The molecule has 3 nitrogen and oxygen atoms in total. The zero-order valence-electron chi connectivity index (χ0n) is 11.3. The molecule has 0 aliphatic carbocycles. The summed E-state index contributed by atoms with van der Waals surface area (Å²) in [5, 5.41) is 0. The van der Waals surface area contributed by atoms with Crippen molar-refractivity contribution in [1.29, 1.82) is 0 Å². The Hall–Kier alpha value is 0.230. The zero-order valence-corrected chi connectivity index (χ0v) is 12.1. The van der Waals surface area contributed by atoms with E-state index in [1.54, 1.807) is 0 Å². The van der Waals surface area contributed by atoms with Gasteiger partial charge in [0, 0.05) is 36.2 Å². The fraction of sp³-hybridized carbons (Fsp3) is 1.00. The quantitative estimate of drug-likeness (QED) is 0.836. The van der Waals surface area contributed by atoms with Gasteiger partial charge in [0.2, 0.25) is 0 Å². The van der Waals surface area contributed by atoms with Crippen LogP contribution in [0.15, 0.2) is 0 Å². The van der Waals surface area contributed by atoms with Gasteiger partial charge in [-0.25, -0.2) is 0 Å². The number of thioether (sulfide) groups is 1. The van der Waals surface area contributed by atoms with Crippen molar-refractivity contribution in [2.24, 2.45) is 5.73 Å². The number of nitrogens with zero attached hydrogens (tertiary/aromatic N) is 1. The maximum Gasteiger partial charge on any atom is 0.0747 e. The molecular weight excluding hydrogens is 232 g/mol. The number of rotatable bonds is 3. The minimum absolute atomic E-state index is 0.355. The van der Waals surface area contributed by atoms with E-state index in [-0.39, 0.29) is 0 Å². The van der Waals surface area contributed by atoms with E-state index >= 15 is 0 Å². The highest BCUT2D eigenvalue weighted by molar-refractivity contribution is 8.00. The number of hydrogen-bond acceptors (Lipinski definition) is 4. The molecule has 0 aromatic rings. The summed E-state index contributed by atoms with van der Waals surface area (Å²) in [6, 6.07) is 0.417. The van der Waals surface area contributed by atoms with E-state index in [0.717, 1.165) is 19.6 Å². The molecular formula is C13H26N2OS. The third-order valence-electron chi connectivity index (χ3n) is 3.86. The molecule has 0 bridgehead atoms. The molecule has 0 aromatic carbocycles. The Morgan fingerprint density at radius 1 is 1.47 bits per heavy atom. The molecule has 2 aliphatic heterocycles. The van der Waals surface area contributed by atoms with Crippen LogP contribution in [-0.4, -0.2) is 53.3 Å². The van der Waals surface area contributed by atoms with Gasteiger partial charge >= 0.3 is 0 Å². The fourth-order valence-electron chi connectivity index (χ4n) is 2.99. The Kier molecular flexibility index (Phi) is 4.40. The second-order valence-corrected chi connectivity index (χ2v) is 7.75. The van der Waals surface area contributed by atoms with E-state index in [9.17, 15) is 0 Å². The molecule has 3 atom stereocenters. The van der Waals surface area contributed by atoms with Gasteiger partial charge in [-0.2, -0.15) is 11.8 Å². The summed E-state index contributed by atoms with van der Waals surface area (Å²) in [6.45, 7) is 9.84. The van der Waals surface area contributed by atoms with Gasteiger partial charge < -0.3 is 10.5 Å². The summed E-state index contributed by atoms with van der Waals surface area (Å²) in [6.07, 6.45) is 3.13. The Morgan fingerprint density at radius 3 is 2.76 bits per heavy atom. The highest BCUT2D eigenvalue weighted by atomic mass is 32.2. The maximum atomic E-state index is 6.01. The van der Waals surface area contributed by atoms with E-state index in [2.05, 4.69) is 37.4 Å². The summed E-state index contributed by atoms with van der Waals surface area (Å²) in [4.78, 5) is 2.55. The lowest BCUT2D eigenvalue weighted by Crippen LogP contribution is -2.55. The Labute approximate surface area is 109 Å². The highest BCUT2D eigenvalue weighted by Crippen LogP contribution is 2.32. The zero-order chi connectivity index (χ0) is 12.5. The second kappa shape index (κ2) is 5.47. The van der Waals surface area contributed by atoms with Crippen LogP contribution in [0.1, 0.15) is 33.6 Å². The van der Waals surface area contributed by atoms with Crippen molar-refractivity contribution in [3.05, 3.63) is 0 Å². The average Bonchev–Trinajstić information content (AvgIpc) is 2.64. The largest absolute Gasteiger partial charge is 0.374 e. The lowest BCUT2D eigenvalue weighted by atomic mass is 10.0. The van der Waals surface area contributed by atoms with E-state index in [4.69, 9.17) is 10.5 Å². The van der Waals surface area contributed by atoms with Crippen LogP contribution >= 0.6 is 11.8 Å². The lowest BCUT2D eigenvalue weighted by Gasteiger charge is -2.43. The smallest absolute Gasteiger partial charge is 0.0747 e. The first-order valence-corrected chi connectivity index (χ1v) is 7.74. The molecule has 2 aliphatic rings. The minimum Gasteiger partial charge on any atom is -0.374 e. The van der Waals surface area contributed by atoms with E-state index in [1.165, 1.54) is 18.6 Å². The number of nitrogens with two attached hydrogens (primary N) is 1. The Balaban J connectivity index is 1.98. The summed E-state index contributed by atoms with van der Waals surface area (Å²) < 4.78 is 6.36. The summed E-state index contributed by atoms with van der Waals surface area (Å²) >= 11 is 2.07. The molecule has 0 radical (unpaired) electrons. The first-order chi connectivity index (χ1) is 8.02. The van der Waals surface area contributed by atoms with Crippen molar-refractivity contribution >= 4 is 11.8 Å². The number of hydrogen-bond donors (Lipinski definition) is 1. The van der Waals surface area contributed by atoms with Crippen molar-refractivity contribution in [2.45, 2.75) is 56.6 Å². The van der Waals surface area contributed by atoms with Crippen LogP contribution < -0.4 is 5.73 Å². The predicted molar refractivity (Wildman–Crippen MR) is 74.5 cm³/mol. The van der Waals surface area contributed by atoms with Crippen LogP contribution in [0.3, 0.4) is 0 Å². The molecule has 2 rings (SSSR count). The second-order valence-electron chi connectivity index (χ2n) is 5.94. The fourth-order valence-corrected chi connectivity index (χ4v) is 4.12.